The van der Waals surface area contributed by atoms with Gasteiger partial charge in [-0.2, -0.15) is 5.10 Å². The highest BCUT2D eigenvalue weighted by Crippen LogP contribution is 2.30. The lowest BCUT2D eigenvalue weighted by Gasteiger charge is -2.26. The van der Waals surface area contributed by atoms with Crippen molar-refractivity contribution < 1.29 is 18.7 Å². The zero-order valence-electron chi connectivity index (χ0n) is 17.1. The molecule has 0 aliphatic carbocycles. The zero-order valence-corrected chi connectivity index (χ0v) is 17.1. The molecule has 0 fully saturated rings. The van der Waals surface area contributed by atoms with E-state index in [1.54, 1.807) is 44.2 Å². The first kappa shape index (κ1) is 21.0. The minimum Gasteiger partial charge on any atom is -0.497 e. The summed E-state index contributed by atoms with van der Waals surface area (Å²) in [7, 11) is 3.00. The molecule has 7 nitrogen and oxygen atoms in total. The van der Waals surface area contributed by atoms with Gasteiger partial charge in [0.2, 0.25) is 0 Å². The molecule has 0 saturated heterocycles. The van der Waals surface area contributed by atoms with E-state index >= 15 is 0 Å². The molecule has 1 heterocycles. The van der Waals surface area contributed by atoms with Crippen molar-refractivity contribution in [2.24, 2.45) is 0 Å². The van der Waals surface area contributed by atoms with Crippen LogP contribution in [0.25, 0.3) is 11.3 Å². The van der Waals surface area contributed by atoms with Crippen molar-refractivity contribution in [3.05, 3.63) is 70.8 Å². The Labute approximate surface area is 173 Å². The summed E-state index contributed by atoms with van der Waals surface area (Å²) in [5, 5.41) is 7.12. The molecule has 0 unspecified atom stereocenters. The number of nitrogens with one attached hydrogen (secondary N) is 1. The fourth-order valence-electron chi connectivity index (χ4n) is 2.87. The summed E-state index contributed by atoms with van der Waals surface area (Å²) in [6, 6.07) is 13.6. The van der Waals surface area contributed by atoms with Gasteiger partial charge in [-0.15, -0.1) is 0 Å². The molecule has 0 atom stereocenters. The first-order valence-electron chi connectivity index (χ1n) is 9.16. The summed E-state index contributed by atoms with van der Waals surface area (Å²) in [4.78, 5) is 25.6. The number of benzene rings is 2. The van der Waals surface area contributed by atoms with Gasteiger partial charge < -0.3 is 14.8 Å². The average Bonchev–Trinajstić information content (AvgIpc) is 2.74. The fourth-order valence-corrected chi connectivity index (χ4v) is 2.87. The van der Waals surface area contributed by atoms with E-state index in [9.17, 15) is 14.0 Å². The molecule has 8 heteroatoms. The number of ether oxygens (including phenoxy) is 2. The first-order valence-corrected chi connectivity index (χ1v) is 9.16. The summed E-state index contributed by atoms with van der Waals surface area (Å²) in [6.07, 6.45) is 0. The van der Waals surface area contributed by atoms with Gasteiger partial charge in [-0.25, -0.2) is 9.07 Å². The predicted octanol–water partition coefficient (Wildman–Crippen LogP) is 3.44. The maximum atomic E-state index is 13.2. The van der Waals surface area contributed by atoms with Gasteiger partial charge in [0.1, 0.15) is 22.9 Å². The third-order valence-corrected chi connectivity index (χ3v) is 4.68. The Hall–Kier alpha value is -3.68. The van der Waals surface area contributed by atoms with E-state index in [1.807, 2.05) is 0 Å². The molecular weight excluding hydrogens is 389 g/mol. The van der Waals surface area contributed by atoms with Crippen LogP contribution in [0.5, 0.6) is 11.5 Å². The number of aromatic nitrogens is 2. The van der Waals surface area contributed by atoms with Crippen LogP contribution >= 0.6 is 0 Å². The molecule has 0 spiro atoms. The fraction of sp³-hybridized carbons (Fsp3) is 0.227. The SMILES string of the molecule is COc1ccc(OC)c(NC(=O)C(C)(C)n2nc(-c3ccc(F)cc3)ccc2=O)c1. The maximum Gasteiger partial charge on any atom is 0.267 e. The lowest BCUT2D eigenvalue weighted by atomic mass is 10.0. The van der Waals surface area contributed by atoms with Gasteiger partial charge >= 0.3 is 0 Å². The van der Waals surface area contributed by atoms with Crippen molar-refractivity contribution in [3.8, 4) is 22.8 Å². The molecule has 1 N–H and O–H groups in total. The quantitative estimate of drug-likeness (QED) is 0.672. The zero-order chi connectivity index (χ0) is 21.9. The molecule has 30 heavy (non-hydrogen) atoms. The molecule has 3 aromatic rings. The van der Waals surface area contributed by atoms with Crippen molar-refractivity contribution in [3.63, 3.8) is 0 Å². The van der Waals surface area contributed by atoms with E-state index in [2.05, 4.69) is 10.4 Å². The van der Waals surface area contributed by atoms with Gasteiger partial charge in [-0.3, -0.25) is 9.59 Å². The minimum absolute atomic E-state index is 0.376. The molecule has 0 bridgehead atoms. The molecule has 0 radical (unpaired) electrons. The minimum atomic E-state index is -1.33. The van der Waals surface area contributed by atoms with Crippen molar-refractivity contribution in [2.75, 3.05) is 19.5 Å². The molecule has 0 aliphatic heterocycles. The number of hydrogen-bond acceptors (Lipinski definition) is 5. The second kappa shape index (κ2) is 8.36. The van der Waals surface area contributed by atoms with Crippen LogP contribution in [0.4, 0.5) is 10.1 Å². The predicted molar refractivity (Wildman–Crippen MR) is 111 cm³/mol. The van der Waals surface area contributed by atoms with Crippen molar-refractivity contribution in [1.29, 1.82) is 0 Å². The van der Waals surface area contributed by atoms with Gasteiger partial charge in [0, 0.05) is 17.7 Å². The van der Waals surface area contributed by atoms with E-state index in [0.717, 1.165) is 4.68 Å². The van der Waals surface area contributed by atoms with Gasteiger partial charge in [0.25, 0.3) is 11.5 Å². The largest absolute Gasteiger partial charge is 0.497 e. The highest BCUT2D eigenvalue weighted by molar-refractivity contribution is 5.97. The number of nitrogens with zero attached hydrogens (tertiary/aromatic N) is 2. The highest BCUT2D eigenvalue weighted by Gasteiger charge is 2.33. The molecule has 2 aromatic carbocycles. The van der Waals surface area contributed by atoms with Crippen LogP contribution < -0.4 is 20.3 Å². The van der Waals surface area contributed by atoms with Crippen LogP contribution in [0.1, 0.15) is 13.8 Å². The molecule has 1 aromatic heterocycles. The Morgan fingerprint density at radius 2 is 1.73 bits per heavy atom. The van der Waals surface area contributed by atoms with Gasteiger partial charge in [-0.1, -0.05) is 0 Å². The average molecular weight is 411 g/mol. The Morgan fingerprint density at radius 3 is 2.37 bits per heavy atom. The Morgan fingerprint density at radius 1 is 1.03 bits per heavy atom. The smallest absolute Gasteiger partial charge is 0.267 e. The number of anilines is 1. The van der Waals surface area contributed by atoms with Crippen molar-refractivity contribution in [2.45, 2.75) is 19.4 Å². The third-order valence-electron chi connectivity index (χ3n) is 4.68. The van der Waals surface area contributed by atoms with Gasteiger partial charge in [0.05, 0.1) is 25.6 Å². The van der Waals surface area contributed by atoms with Crippen LogP contribution in [-0.4, -0.2) is 29.9 Å². The number of carbonyl (C=O) groups excluding carboxylic acids is 1. The first-order chi connectivity index (χ1) is 14.3. The molecule has 156 valence electrons. The Balaban J connectivity index is 1.97. The highest BCUT2D eigenvalue weighted by atomic mass is 19.1. The molecule has 0 saturated carbocycles. The number of hydrogen-bond donors (Lipinski definition) is 1. The number of rotatable bonds is 6. The summed E-state index contributed by atoms with van der Waals surface area (Å²) in [5.74, 6) is 0.136. The summed E-state index contributed by atoms with van der Waals surface area (Å²) < 4.78 is 24.8. The number of carbonyl (C=O) groups is 1. The van der Waals surface area contributed by atoms with Crippen LogP contribution in [0.15, 0.2) is 59.4 Å². The van der Waals surface area contributed by atoms with E-state index in [0.29, 0.717) is 28.4 Å². The van der Waals surface area contributed by atoms with Crippen LogP contribution in [0, 0.1) is 5.82 Å². The standard InChI is InChI=1S/C22H22FN3O4/c1-22(2,21(28)24-18-13-16(29-3)9-11-19(18)30-4)26-20(27)12-10-17(25-26)14-5-7-15(23)8-6-14/h5-13H,1-4H3,(H,24,28). The second-order valence-electron chi connectivity index (χ2n) is 7.05. The van der Waals surface area contributed by atoms with E-state index in [1.165, 1.54) is 38.5 Å². The number of halogens is 1. The van der Waals surface area contributed by atoms with Gasteiger partial charge in [0.15, 0.2) is 0 Å². The van der Waals surface area contributed by atoms with E-state index in [-0.39, 0.29) is 5.82 Å². The molecule has 3 rings (SSSR count). The molecule has 0 aliphatic rings. The van der Waals surface area contributed by atoms with E-state index < -0.39 is 17.0 Å². The molecule has 1 amide bonds. The van der Waals surface area contributed by atoms with E-state index in [4.69, 9.17) is 9.47 Å². The summed E-state index contributed by atoms with van der Waals surface area (Å²) in [5.41, 5.74) is -0.317. The Bertz CT molecular complexity index is 1120. The normalized spacial score (nSPS) is 11.1. The second-order valence-corrected chi connectivity index (χ2v) is 7.05. The van der Waals surface area contributed by atoms with Crippen LogP contribution in [0.3, 0.4) is 0 Å². The lowest BCUT2D eigenvalue weighted by molar-refractivity contribution is -0.123. The topological polar surface area (TPSA) is 82.4 Å². The van der Waals surface area contributed by atoms with Crippen LogP contribution in [-0.2, 0) is 10.3 Å². The Kier molecular flexibility index (Phi) is 5.86. The maximum absolute atomic E-state index is 13.2. The number of amides is 1. The lowest BCUT2D eigenvalue weighted by Crippen LogP contribution is -2.47. The monoisotopic (exact) mass is 411 g/mol. The van der Waals surface area contributed by atoms with Crippen molar-refractivity contribution in [1.82, 2.24) is 9.78 Å². The molecular formula is C22H22FN3O4. The summed E-state index contributed by atoms with van der Waals surface area (Å²) in [6.45, 7) is 3.16. The number of methoxy groups -OCH3 is 2. The third kappa shape index (κ3) is 4.17. The summed E-state index contributed by atoms with van der Waals surface area (Å²) >= 11 is 0. The van der Waals surface area contributed by atoms with Gasteiger partial charge in [-0.05, 0) is 56.3 Å². The van der Waals surface area contributed by atoms with Crippen LogP contribution in [0.2, 0.25) is 0 Å². The van der Waals surface area contributed by atoms with Crippen molar-refractivity contribution >= 4 is 11.6 Å².